The molecule has 0 atom stereocenters. The number of carbonyl (C=O) groups is 2. The Morgan fingerprint density at radius 1 is 0.917 bits per heavy atom. The fraction of sp³-hybridized carbons (Fsp3) is 0.238. The smallest absolute Gasteiger partial charge is 0.244 e. The number of nitrogens with one attached hydrogen (secondary N) is 1. The summed E-state index contributed by atoms with van der Waals surface area (Å²) in [6, 6.07) is 15.6. The van der Waals surface area contributed by atoms with Crippen molar-refractivity contribution in [3.05, 3.63) is 82.9 Å². The van der Waals surface area contributed by atoms with Gasteiger partial charge in [-0.2, -0.15) is 0 Å². The normalized spacial score (nSPS) is 13.5. The maximum atomic E-state index is 12.2. The second-order valence-corrected chi connectivity index (χ2v) is 6.09. The summed E-state index contributed by atoms with van der Waals surface area (Å²) in [5.41, 5.74) is 4.31. The van der Waals surface area contributed by atoms with Gasteiger partial charge in [-0.1, -0.05) is 42.5 Å². The van der Waals surface area contributed by atoms with Crippen molar-refractivity contribution in [3.8, 4) is 0 Å². The summed E-state index contributed by atoms with van der Waals surface area (Å²) >= 11 is 0. The summed E-state index contributed by atoms with van der Waals surface area (Å²) in [5, 5.41) is 2.78. The summed E-state index contributed by atoms with van der Waals surface area (Å²) < 4.78 is 0. The molecule has 0 radical (unpaired) electrons. The van der Waals surface area contributed by atoms with Gasteiger partial charge in [-0.05, 0) is 54.5 Å². The first-order valence-corrected chi connectivity index (χ1v) is 8.38. The van der Waals surface area contributed by atoms with Crippen molar-refractivity contribution >= 4 is 11.7 Å². The molecular weight excluding hydrogens is 298 g/mol. The third-order valence-electron chi connectivity index (χ3n) is 4.33. The number of fused-ring (bicyclic) bond motifs is 1. The Labute approximate surface area is 142 Å². The summed E-state index contributed by atoms with van der Waals surface area (Å²) in [5.74, 6) is -0.386. The fourth-order valence-electron chi connectivity index (χ4n) is 2.98. The van der Waals surface area contributed by atoms with Gasteiger partial charge in [-0.3, -0.25) is 9.59 Å². The van der Waals surface area contributed by atoms with E-state index in [1.807, 2.05) is 48.5 Å². The average Bonchev–Trinajstić information content (AvgIpc) is 2.65. The van der Waals surface area contributed by atoms with E-state index in [4.69, 9.17) is 0 Å². The molecule has 0 fully saturated rings. The van der Waals surface area contributed by atoms with Gasteiger partial charge >= 0.3 is 0 Å². The Hall–Kier alpha value is -2.68. The quantitative estimate of drug-likeness (QED) is 0.676. The van der Waals surface area contributed by atoms with Crippen molar-refractivity contribution in [1.82, 2.24) is 5.32 Å². The molecule has 1 N–H and O–H groups in total. The number of amides is 1. The van der Waals surface area contributed by atoms with Crippen LogP contribution in [0.5, 0.6) is 0 Å². The first-order chi connectivity index (χ1) is 11.7. The average molecular weight is 319 g/mol. The minimum atomic E-state index is -0.259. The second-order valence-electron chi connectivity index (χ2n) is 6.09. The number of benzene rings is 2. The van der Waals surface area contributed by atoms with Crippen LogP contribution in [0.4, 0.5) is 0 Å². The molecule has 0 aliphatic heterocycles. The maximum Gasteiger partial charge on any atom is 0.244 e. The lowest BCUT2D eigenvalue weighted by atomic mass is 9.90. The molecule has 0 bridgehead atoms. The van der Waals surface area contributed by atoms with Crippen molar-refractivity contribution in [2.24, 2.45) is 0 Å². The summed E-state index contributed by atoms with van der Waals surface area (Å²) in [7, 11) is 0. The van der Waals surface area contributed by atoms with Crippen LogP contribution in [0, 0.1) is 0 Å². The molecule has 0 saturated carbocycles. The van der Waals surface area contributed by atoms with Crippen LogP contribution in [-0.2, 0) is 24.2 Å². The molecule has 0 unspecified atom stereocenters. The number of hydrogen-bond acceptors (Lipinski definition) is 2. The topological polar surface area (TPSA) is 46.2 Å². The van der Waals surface area contributed by atoms with Crippen LogP contribution in [0.25, 0.3) is 0 Å². The second kappa shape index (κ2) is 7.73. The highest BCUT2D eigenvalue weighted by Gasteiger charge is 2.11. The standard InChI is InChI=1S/C21H21NO2/c23-20(19-11-10-17-8-4-5-9-18(17)14-19)12-13-21(24)22-15-16-6-2-1-3-7-16/h1-3,6-7,10-14H,4-5,8-9,15H2,(H,22,24)/b13-12+. The predicted octanol–water partition coefficient (Wildman–Crippen LogP) is 3.62. The number of rotatable bonds is 5. The Kier molecular flexibility index (Phi) is 5.22. The predicted molar refractivity (Wildman–Crippen MR) is 94.8 cm³/mol. The lowest BCUT2D eigenvalue weighted by molar-refractivity contribution is -0.116. The molecule has 1 aliphatic rings. The van der Waals surface area contributed by atoms with Crippen LogP contribution in [-0.4, -0.2) is 11.7 Å². The van der Waals surface area contributed by atoms with Gasteiger partial charge in [0.15, 0.2) is 5.78 Å². The molecule has 3 heteroatoms. The largest absolute Gasteiger partial charge is 0.348 e. The molecule has 0 spiro atoms. The number of ketones is 1. The van der Waals surface area contributed by atoms with Crippen molar-refractivity contribution in [3.63, 3.8) is 0 Å². The highest BCUT2D eigenvalue weighted by Crippen LogP contribution is 2.22. The van der Waals surface area contributed by atoms with Crippen molar-refractivity contribution in [2.75, 3.05) is 0 Å². The highest BCUT2D eigenvalue weighted by molar-refractivity contribution is 6.07. The van der Waals surface area contributed by atoms with Gasteiger partial charge in [0.25, 0.3) is 0 Å². The molecule has 2 aromatic rings. The van der Waals surface area contributed by atoms with Gasteiger partial charge in [0.1, 0.15) is 0 Å². The van der Waals surface area contributed by atoms with E-state index in [2.05, 4.69) is 5.32 Å². The van der Waals surface area contributed by atoms with Gasteiger partial charge in [0.05, 0.1) is 0 Å². The van der Waals surface area contributed by atoms with Gasteiger partial charge < -0.3 is 5.32 Å². The van der Waals surface area contributed by atoms with Crippen LogP contribution in [0.1, 0.15) is 39.9 Å². The molecule has 1 amide bonds. The monoisotopic (exact) mass is 319 g/mol. The van der Waals surface area contributed by atoms with Crippen molar-refractivity contribution in [2.45, 2.75) is 32.2 Å². The lowest BCUT2D eigenvalue weighted by Crippen LogP contribution is -2.20. The first kappa shape index (κ1) is 16.2. The lowest BCUT2D eigenvalue weighted by Gasteiger charge is -2.15. The van der Waals surface area contributed by atoms with Gasteiger partial charge in [-0.25, -0.2) is 0 Å². The van der Waals surface area contributed by atoms with Crippen LogP contribution >= 0.6 is 0 Å². The van der Waals surface area contributed by atoms with E-state index in [1.54, 1.807) is 0 Å². The van der Waals surface area contributed by atoms with Crippen molar-refractivity contribution < 1.29 is 9.59 Å². The van der Waals surface area contributed by atoms with Crippen molar-refractivity contribution in [1.29, 1.82) is 0 Å². The zero-order valence-electron chi connectivity index (χ0n) is 13.6. The number of carbonyl (C=O) groups excluding carboxylic acids is 2. The fourth-order valence-corrected chi connectivity index (χ4v) is 2.98. The van der Waals surface area contributed by atoms with E-state index in [0.29, 0.717) is 12.1 Å². The molecule has 3 rings (SSSR count). The first-order valence-electron chi connectivity index (χ1n) is 8.38. The van der Waals surface area contributed by atoms with Crippen LogP contribution in [0.2, 0.25) is 0 Å². The molecule has 1 aliphatic carbocycles. The molecule has 3 nitrogen and oxygen atoms in total. The molecule has 0 heterocycles. The number of aryl methyl sites for hydroxylation is 2. The Bertz CT molecular complexity index is 763. The summed E-state index contributed by atoms with van der Waals surface area (Å²) in [6.07, 6.45) is 7.21. The molecule has 2 aromatic carbocycles. The minimum Gasteiger partial charge on any atom is -0.348 e. The number of hydrogen-bond donors (Lipinski definition) is 1. The zero-order chi connectivity index (χ0) is 16.8. The van der Waals surface area contributed by atoms with Gasteiger partial charge in [0.2, 0.25) is 5.91 Å². The van der Waals surface area contributed by atoms with Crippen LogP contribution in [0.15, 0.2) is 60.7 Å². The molecule has 0 aromatic heterocycles. The van der Waals surface area contributed by atoms with E-state index in [9.17, 15) is 9.59 Å². The minimum absolute atomic E-state index is 0.127. The Balaban J connectivity index is 1.57. The molecule has 122 valence electrons. The third kappa shape index (κ3) is 4.19. The molecule has 0 saturated heterocycles. The third-order valence-corrected chi connectivity index (χ3v) is 4.33. The Morgan fingerprint density at radius 3 is 2.46 bits per heavy atom. The van der Waals surface area contributed by atoms with E-state index >= 15 is 0 Å². The van der Waals surface area contributed by atoms with Gasteiger partial charge in [0, 0.05) is 18.2 Å². The summed E-state index contributed by atoms with van der Waals surface area (Å²) in [4.78, 5) is 24.1. The van der Waals surface area contributed by atoms with E-state index in [-0.39, 0.29) is 11.7 Å². The molecule has 24 heavy (non-hydrogen) atoms. The summed E-state index contributed by atoms with van der Waals surface area (Å²) in [6.45, 7) is 0.455. The maximum absolute atomic E-state index is 12.2. The SMILES string of the molecule is O=C(/C=C/C(=O)c1ccc2c(c1)CCCC2)NCc1ccccc1. The Morgan fingerprint density at radius 2 is 1.67 bits per heavy atom. The van der Waals surface area contributed by atoms with E-state index in [1.165, 1.54) is 36.1 Å². The van der Waals surface area contributed by atoms with Crippen LogP contribution < -0.4 is 5.32 Å². The molecular formula is C21H21NO2. The van der Waals surface area contributed by atoms with Gasteiger partial charge in [-0.15, -0.1) is 0 Å². The van der Waals surface area contributed by atoms with Crippen LogP contribution in [0.3, 0.4) is 0 Å². The van der Waals surface area contributed by atoms with E-state index < -0.39 is 0 Å². The number of allylic oxidation sites excluding steroid dienone is 1. The van der Waals surface area contributed by atoms with E-state index in [0.717, 1.165) is 18.4 Å². The zero-order valence-corrected chi connectivity index (χ0v) is 13.6. The highest BCUT2D eigenvalue weighted by atomic mass is 16.1.